The molecule has 3 aromatic carbocycles. The summed E-state index contributed by atoms with van der Waals surface area (Å²) < 4.78 is 6.16. The lowest BCUT2D eigenvalue weighted by Crippen LogP contribution is -2.26. The highest BCUT2D eigenvalue weighted by Crippen LogP contribution is 2.35. The molecule has 4 rings (SSSR count). The van der Waals surface area contributed by atoms with Gasteiger partial charge in [0.2, 0.25) is 0 Å². The number of rotatable bonds is 6. The molecule has 31 heavy (non-hydrogen) atoms. The second kappa shape index (κ2) is 8.76. The zero-order valence-electron chi connectivity index (χ0n) is 17.7. The van der Waals surface area contributed by atoms with Gasteiger partial charge in [0, 0.05) is 33.1 Å². The third-order valence-electron chi connectivity index (χ3n) is 5.29. The first-order chi connectivity index (χ1) is 15.2. The van der Waals surface area contributed by atoms with Crippen LogP contribution < -0.4 is 15.8 Å². The van der Waals surface area contributed by atoms with Gasteiger partial charge in [0.05, 0.1) is 0 Å². The van der Waals surface area contributed by atoms with Gasteiger partial charge in [-0.1, -0.05) is 86.5 Å². The van der Waals surface area contributed by atoms with Crippen molar-refractivity contribution in [2.24, 2.45) is 0 Å². The minimum absolute atomic E-state index is 0.788. The quantitative estimate of drug-likeness (QED) is 0.393. The number of anilines is 1. The van der Waals surface area contributed by atoms with Gasteiger partial charge in [0.1, 0.15) is 11.3 Å². The first kappa shape index (κ1) is 20.2. The van der Waals surface area contributed by atoms with Crippen LogP contribution in [-0.2, 0) is 0 Å². The summed E-state index contributed by atoms with van der Waals surface area (Å²) >= 11 is 0. The van der Waals surface area contributed by atoms with Crippen LogP contribution in [0.5, 0.6) is 0 Å². The zero-order valence-corrected chi connectivity index (χ0v) is 17.7. The Labute approximate surface area is 182 Å². The molecule has 0 aliphatic rings. The Morgan fingerprint density at radius 2 is 1.71 bits per heavy atom. The topological polar surface area (TPSA) is 25.2 Å². The van der Waals surface area contributed by atoms with E-state index in [0.29, 0.717) is 0 Å². The van der Waals surface area contributed by atoms with E-state index >= 15 is 0 Å². The van der Waals surface area contributed by atoms with E-state index in [2.05, 4.69) is 73.6 Å². The van der Waals surface area contributed by atoms with Crippen LogP contribution in [0.3, 0.4) is 0 Å². The van der Waals surface area contributed by atoms with E-state index in [-0.39, 0.29) is 0 Å². The molecule has 1 N–H and O–H groups in total. The number of hydrogen-bond donors (Lipinski definition) is 1. The molecular formula is C29H25NO. The predicted octanol–water partition coefficient (Wildman–Crippen LogP) is 6.59. The van der Waals surface area contributed by atoms with Crippen molar-refractivity contribution in [2.75, 3.05) is 5.32 Å². The van der Waals surface area contributed by atoms with Gasteiger partial charge in [-0.15, -0.1) is 0 Å². The number of furan rings is 1. The summed E-state index contributed by atoms with van der Waals surface area (Å²) in [6, 6.07) is 22.6. The summed E-state index contributed by atoms with van der Waals surface area (Å²) in [5.41, 5.74) is 5.98. The summed E-state index contributed by atoms with van der Waals surface area (Å²) in [7, 11) is 0. The summed E-state index contributed by atoms with van der Waals surface area (Å²) in [6.07, 6.45) is 7.66. The van der Waals surface area contributed by atoms with Gasteiger partial charge in [-0.05, 0) is 42.0 Å². The molecule has 0 spiro atoms. The molecule has 2 nitrogen and oxygen atoms in total. The molecule has 2 heteroatoms. The lowest BCUT2D eigenvalue weighted by molar-refractivity contribution is 0.604. The second-order valence-electron chi connectivity index (χ2n) is 7.24. The molecule has 0 aliphatic carbocycles. The number of nitrogens with one attached hydrogen (secondary N) is 1. The molecule has 0 aliphatic heterocycles. The molecule has 0 amide bonds. The molecule has 0 unspecified atom stereocenters. The smallest absolute Gasteiger partial charge is 0.143 e. The van der Waals surface area contributed by atoms with E-state index in [9.17, 15) is 0 Å². The average molecular weight is 404 g/mol. The highest BCUT2D eigenvalue weighted by Gasteiger charge is 2.14. The maximum atomic E-state index is 6.16. The molecule has 1 heterocycles. The molecule has 0 fully saturated rings. The average Bonchev–Trinajstić information content (AvgIpc) is 3.16. The predicted molar refractivity (Wildman–Crippen MR) is 135 cm³/mol. The first-order valence-corrected chi connectivity index (χ1v) is 10.2. The van der Waals surface area contributed by atoms with E-state index in [4.69, 9.17) is 4.42 Å². The monoisotopic (exact) mass is 403 g/mol. The van der Waals surface area contributed by atoms with Crippen molar-refractivity contribution in [1.82, 2.24) is 0 Å². The highest BCUT2D eigenvalue weighted by atomic mass is 16.3. The van der Waals surface area contributed by atoms with Crippen LogP contribution in [0.4, 0.5) is 5.69 Å². The Kier molecular flexibility index (Phi) is 5.72. The maximum Gasteiger partial charge on any atom is 0.143 e. The van der Waals surface area contributed by atoms with Crippen molar-refractivity contribution in [3.63, 3.8) is 0 Å². The fourth-order valence-corrected chi connectivity index (χ4v) is 3.77. The second-order valence-corrected chi connectivity index (χ2v) is 7.24. The Morgan fingerprint density at radius 1 is 0.935 bits per heavy atom. The van der Waals surface area contributed by atoms with Crippen LogP contribution in [0.25, 0.3) is 46.5 Å². The number of allylic oxidation sites excluding steroid dienone is 1. The third-order valence-corrected chi connectivity index (χ3v) is 5.29. The van der Waals surface area contributed by atoms with E-state index in [1.165, 1.54) is 0 Å². The largest absolute Gasteiger partial charge is 0.455 e. The fourth-order valence-electron chi connectivity index (χ4n) is 3.77. The van der Waals surface area contributed by atoms with Gasteiger partial charge >= 0.3 is 0 Å². The Hall–Kier alpha value is -4.04. The summed E-state index contributed by atoms with van der Waals surface area (Å²) in [5, 5.41) is 6.54. The Balaban J connectivity index is 1.74. The number of benzene rings is 3. The standard InChI is InChI=1S/C29H25NO/c1-5-11-25-26-15-10-14-24(29(26)31-28(25)7-3)21-16-18-22(19-17-21)30-27(6-2)23-13-9-8-12-20(23)4/h5-19,30H,2-4H2,1H3/b11-5-,27-23+. The highest BCUT2D eigenvalue weighted by molar-refractivity contribution is 5.99. The van der Waals surface area contributed by atoms with Crippen LogP contribution in [-0.4, -0.2) is 0 Å². The van der Waals surface area contributed by atoms with Gasteiger partial charge in [-0.3, -0.25) is 0 Å². The minimum atomic E-state index is 0.788. The molecule has 1 aromatic heterocycles. The van der Waals surface area contributed by atoms with Crippen molar-refractivity contribution in [1.29, 1.82) is 0 Å². The van der Waals surface area contributed by atoms with E-state index in [1.807, 2.05) is 43.3 Å². The molecule has 0 saturated carbocycles. The van der Waals surface area contributed by atoms with Crippen molar-refractivity contribution in [3.05, 3.63) is 114 Å². The van der Waals surface area contributed by atoms with Gasteiger partial charge in [0.15, 0.2) is 0 Å². The molecule has 4 aromatic rings. The van der Waals surface area contributed by atoms with Gasteiger partial charge in [-0.2, -0.15) is 0 Å². The lowest BCUT2D eigenvalue weighted by atomic mass is 10.0. The normalized spacial score (nSPS) is 12.2. The van der Waals surface area contributed by atoms with Crippen LogP contribution >= 0.6 is 0 Å². The Bertz CT molecular complexity index is 1400. The molecule has 152 valence electrons. The van der Waals surface area contributed by atoms with Crippen molar-refractivity contribution in [3.8, 4) is 11.1 Å². The summed E-state index contributed by atoms with van der Waals surface area (Å²) in [5.74, 6) is 0.788. The molecular weight excluding hydrogens is 378 g/mol. The summed E-state index contributed by atoms with van der Waals surface area (Å²) in [4.78, 5) is 0. The van der Waals surface area contributed by atoms with E-state index < -0.39 is 0 Å². The molecule has 0 radical (unpaired) electrons. The van der Waals surface area contributed by atoms with Gasteiger partial charge in [0.25, 0.3) is 0 Å². The van der Waals surface area contributed by atoms with E-state index in [0.717, 1.165) is 55.2 Å². The zero-order chi connectivity index (χ0) is 21.8. The van der Waals surface area contributed by atoms with Crippen molar-refractivity contribution >= 4 is 41.1 Å². The van der Waals surface area contributed by atoms with E-state index in [1.54, 1.807) is 6.08 Å². The summed E-state index contributed by atoms with van der Waals surface area (Å²) in [6.45, 7) is 14.0. The molecule has 0 atom stereocenters. The van der Waals surface area contributed by atoms with Crippen molar-refractivity contribution < 1.29 is 4.42 Å². The number of fused-ring (bicyclic) bond motifs is 1. The minimum Gasteiger partial charge on any atom is -0.455 e. The number of hydrogen-bond acceptors (Lipinski definition) is 2. The maximum absolute atomic E-state index is 6.16. The lowest BCUT2D eigenvalue weighted by Gasteiger charge is -2.09. The Morgan fingerprint density at radius 3 is 2.39 bits per heavy atom. The van der Waals surface area contributed by atoms with Crippen molar-refractivity contribution in [2.45, 2.75) is 6.92 Å². The SMILES string of the molecule is C=C/C(Nc1ccc(-c2cccc3c(/C=C\C)c(C=C)oc23)cc1)=c1/ccccc1=C. The molecule has 0 saturated heterocycles. The molecule has 0 bridgehead atoms. The van der Waals surface area contributed by atoms with Crippen LogP contribution in [0.1, 0.15) is 18.2 Å². The van der Waals surface area contributed by atoms with Crippen LogP contribution in [0.2, 0.25) is 0 Å². The van der Waals surface area contributed by atoms with Crippen LogP contribution in [0, 0.1) is 0 Å². The first-order valence-electron chi connectivity index (χ1n) is 10.2. The number of para-hydroxylation sites is 1. The van der Waals surface area contributed by atoms with Gasteiger partial charge in [-0.25, -0.2) is 0 Å². The fraction of sp³-hybridized carbons (Fsp3) is 0.0345. The third kappa shape index (κ3) is 3.88. The van der Waals surface area contributed by atoms with Crippen LogP contribution in [0.15, 0.2) is 96.5 Å². The van der Waals surface area contributed by atoms with Gasteiger partial charge < -0.3 is 9.73 Å².